The van der Waals surface area contributed by atoms with E-state index in [-0.39, 0.29) is 4.90 Å². The number of thiophene rings is 1. The van der Waals surface area contributed by atoms with Gasteiger partial charge in [-0.25, -0.2) is 8.42 Å². The third kappa shape index (κ3) is 3.19. The molecule has 8 heteroatoms. The van der Waals surface area contributed by atoms with E-state index in [1.165, 1.54) is 11.3 Å². The molecule has 3 rings (SSSR count). The van der Waals surface area contributed by atoms with Gasteiger partial charge in [0.25, 0.3) is 10.0 Å². The van der Waals surface area contributed by atoms with Crippen LogP contribution in [0, 0.1) is 20.8 Å². The number of hydrogen-bond donors (Lipinski definition) is 2. The summed E-state index contributed by atoms with van der Waals surface area (Å²) in [6.45, 7) is 5.58. The van der Waals surface area contributed by atoms with Crippen LogP contribution in [-0.2, 0) is 10.0 Å². The van der Waals surface area contributed by atoms with E-state index in [0.717, 1.165) is 15.4 Å². The summed E-state index contributed by atoms with van der Waals surface area (Å²) in [6, 6.07) is 8.39. The lowest BCUT2D eigenvalue weighted by atomic mass is 10.2. The van der Waals surface area contributed by atoms with Crippen molar-refractivity contribution in [2.75, 3.05) is 4.72 Å². The maximum Gasteiger partial charge on any atom is 0.263 e. The molecule has 2 N–H and O–H groups in total. The first kappa shape index (κ1) is 17.0. The number of hydrogen-bond acceptors (Lipinski definition) is 4. The first-order valence-corrected chi connectivity index (χ1v) is 9.86. The van der Waals surface area contributed by atoms with Crippen LogP contribution in [0.1, 0.15) is 15.4 Å². The topological polar surface area (TPSA) is 74.8 Å². The van der Waals surface area contributed by atoms with Crippen LogP contribution in [-0.4, -0.2) is 18.6 Å². The van der Waals surface area contributed by atoms with E-state index in [0.29, 0.717) is 22.0 Å². The number of halogens is 1. The number of H-pyrrole nitrogens is 1. The molecular formula is C16H16ClN3O2S2. The second-order valence-corrected chi connectivity index (χ2v) is 8.95. The molecule has 2 heterocycles. The molecule has 5 nitrogen and oxygen atoms in total. The molecule has 126 valence electrons. The van der Waals surface area contributed by atoms with Gasteiger partial charge in [0.05, 0.1) is 5.69 Å². The first-order chi connectivity index (χ1) is 11.3. The molecule has 0 amide bonds. The van der Waals surface area contributed by atoms with Crippen molar-refractivity contribution in [2.45, 2.75) is 25.7 Å². The van der Waals surface area contributed by atoms with E-state index in [9.17, 15) is 8.42 Å². The van der Waals surface area contributed by atoms with Gasteiger partial charge in [0.1, 0.15) is 4.90 Å². The summed E-state index contributed by atoms with van der Waals surface area (Å²) < 4.78 is 28.5. The molecule has 24 heavy (non-hydrogen) atoms. The van der Waals surface area contributed by atoms with Gasteiger partial charge in [-0.05, 0) is 51.1 Å². The second kappa shape index (κ2) is 6.23. The summed E-state index contributed by atoms with van der Waals surface area (Å²) in [5, 5.41) is 7.64. The van der Waals surface area contributed by atoms with Gasteiger partial charge in [0.2, 0.25) is 0 Å². The monoisotopic (exact) mass is 381 g/mol. The van der Waals surface area contributed by atoms with Crippen LogP contribution in [0.25, 0.3) is 11.3 Å². The van der Waals surface area contributed by atoms with E-state index in [1.54, 1.807) is 31.2 Å². The summed E-state index contributed by atoms with van der Waals surface area (Å²) in [5.74, 6) is 0. The van der Waals surface area contributed by atoms with Gasteiger partial charge in [0, 0.05) is 31.7 Å². The van der Waals surface area contributed by atoms with E-state index < -0.39 is 10.0 Å². The first-order valence-electron chi connectivity index (χ1n) is 7.18. The summed E-state index contributed by atoms with van der Waals surface area (Å²) >= 11 is 7.29. The lowest BCUT2D eigenvalue weighted by Gasteiger charge is -2.10. The van der Waals surface area contributed by atoms with Crippen molar-refractivity contribution < 1.29 is 8.42 Å². The quantitative estimate of drug-likeness (QED) is 0.697. The predicted molar refractivity (Wildman–Crippen MR) is 98.4 cm³/mol. The fraction of sp³-hybridized carbons (Fsp3) is 0.188. The van der Waals surface area contributed by atoms with Crippen LogP contribution in [0.5, 0.6) is 0 Å². The largest absolute Gasteiger partial charge is 0.282 e. The number of nitrogens with zero attached hydrogens (tertiary/aromatic N) is 1. The van der Waals surface area contributed by atoms with Crippen LogP contribution in [0.2, 0.25) is 5.02 Å². The van der Waals surface area contributed by atoms with Gasteiger partial charge in [-0.1, -0.05) is 11.6 Å². The average Bonchev–Trinajstić information content (AvgIpc) is 3.04. The molecule has 0 saturated heterocycles. The number of nitrogens with one attached hydrogen (secondary N) is 2. The Balaban J connectivity index is 2.09. The number of sulfonamides is 1. The molecule has 0 radical (unpaired) electrons. The number of aromatic amines is 1. The van der Waals surface area contributed by atoms with E-state index >= 15 is 0 Å². The molecule has 0 aliphatic rings. The lowest BCUT2D eigenvalue weighted by Crippen LogP contribution is -2.14. The van der Waals surface area contributed by atoms with E-state index in [4.69, 9.17) is 11.6 Å². The number of rotatable bonds is 4. The minimum Gasteiger partial charge on any atom is -0.282 e. The minimum absolute atomic E-state index is 0.270. The second-order valence-electron chi connectivity index (χ2n) is 5.47. The summed E-state index contributed by atoms with van der Waals surface area (Å²) in [4.78, 5) is 1.91. The Bertz CT molecular complexity index is 989. The van der Waals surface area contributed by atoms with Crippen molar-refractivity contribution in [3.63, 3.8) is 0 Å². The van der Waals surface area contributed by atoms with Gasteiger partial charge in [0.15, 0.2) is 0 Å². The summed E-state index contributed by atoms with van der Waals surface area (Å²) in [6.07, 6.45) is 0. The highest BCUT2D eigenvalue weighted by molar-refractivity contribution is 7.93. The van der Waals surface area contributed by atoms with Crippen LogP contribution in [0.15, 0.2) is 35.2 Å². The Hall–Kier alpha value is -1.83. The Morgan fingerprint density at radius 3 is 2.38 bits per heavy atom. The zero-order valence-electron chi connectivity index (χ0n) is 13.3. The number of aromatic nitrogens is 2. The Morgan fingerprint density at radius 2 is 1.79 bits per heavy atom. The molecule has 0 saturated carbocycles. The summed E-state index contributed by atoms with van der Waals surface area (Å²) in [5.41, 5.74) is 2.61. The highest BCUT2D eigenvalue weighted by Gasteiger charge is 2.27. The fourth-order valence-corrected chi connectivity index (χ4v) is 5.61. The molecule has 0 aliphatic heterocycles. The molecular weight excluding hydrogens is 366 g/mol. The molecule has 0 aliphatic carbocycles. The molecule has 0 unspecified atom stereocenters. The standard InChI is InChI=1S/C16H16ClN3O2S2/c1-9-8-14(19-18-9)15-10(2)23-11(3)16(15)24(21,22)20-13-6-4-12(17)5-7-13/h4-8,20H,1-3H3,(H,18,19). The Labute approximate surface area is 149 Å². The van der Waals surface area contributed by atoms with Crippen LogP contribution >= 0.6 is 22.9 Å². The highest BCUT2D eigenvalue weighted by Crippen LogP contribution is 2.39. The molecule has 3 aromatic rings. The van der Waals surface area contributed by atoms with Gasteiger partial charge in [-0.2, -0.15) is 5.10 Å². The van der Waals surface area contributed by atoms with Crippen molar-refractivity contribution in [1.82, 2.24) is 10.2 Å². The fourth-order valence-electron chi connectivity index (χ4n) is 2.55. The van der Waals surface area contributed by atoms with Crippen molar-refractivity contribution in [3.05, 3.63) is 50.8 Å². The molecule has 1 aromatic carbocycles. The Morgan fingerprint density at radius 1 is 1.12 bits per heavy atom. The van der Waals surface area contributed by atoms with Gasteiger partial charge in [-0.3, -0.25) is 9.82 Å². The van der Waals surface area contributed by atoms with Gasteiger partial charge >= 0.3 is 0 Å². The Kier molecular flexibility index (Phi) is 4.42. The zero-order chi connectivity index (χ0) is 17.5. The van der Waals surface area contributed by atoms with Crippen molar-refractivity contribution in [3.8, 4) is 11.3 Å². The van der Waals surface area contributed by atoms with Crippen molar-refractivity contribution in [2.24, 2.45) is 0 Å². The number of benzene rings is 1. The number of anilines is 1. The third-order valence-corrected chi connectivity index (χ3v) is 6.49. The predicted octanol–water partition coefficient (Wildman–Crippen LogP) is 4.52. The SMILES string of the molecule is Cc1cc(-c2c(C)sc(C)c2S(=O)(=O)Nc2ccc(Cl)cc2)n[nH]1. The van der Waals surface area contributed by atoms with Crippen LogP contribution in [0.4, 0.5) is 5.69 Å². The molecule has 0 bridgehead atoms. The lowest BCUT2D eigenvalue weighted by molar-refractivity contribution is 0.601. The smallest absolute Gasteiger partial charge is 0.263 e. The maximum atomic E-state index is 12.9. The molecule has 0 fully saturated rings. The van der Waals surface area contributed by atoms with Gasteiger partial charge in [-0.15, -0.1) is 11.3 Å². The normalized spacial score (nSPS) is 11.7. The maximum absolute atomic E-state index is 12.9. The van der Waals surface area contributed by atoms with Crippen LogP contribution in [0.3, 0.4) is 0 Å². The van der Waals surface area contributed by atoms with Gasteiger partial charge < -0.3 is 0 Å². The highest BCUT2D eigenvalue weighted by atomic mass is 35.5. The zero-order valence-corrected chi connectivity index (χ0v) is 15.7. The van der Waals surface area contributed by atoms with Crippen LogP contribution < -0.4 is 4.72 Å². The summed E-state index contributed by atoms with van der Waals surface area (Å²) in [7, 11) is -3.74. The molecule has 2 aromatic heterocycles. The van der Waals surface area contributed by atoms with E-state index in [2.05, 4.69) is 14.9 Å². The average molecular weight is 382 g/mol. The van der Waals surface area contributed by atoms with Crippen molar-refractivity contribution in [1.29, 1.82) is 0 Å². The minimum atomic E-state index is -3.74. The molecule has 0 atom stereocenters. The third-order valence-electron chi connectivity index (χ3n) is 3.53. The number of aryl methyl sites for hydroxylation is 3. The van der Waals surface area contributed by atoms with Crippen molar-refractivity contribution >= 4 is 38.6 Å². The molecule has 0 spiro atoms. The van der Waals surface area contributed by atoms with E-state index in [1.807, 2.05) is 19.9 Å².